The smallest absolute Gasteiger partial charge is 0.225 e. The van der Waals surface area contributed by atoms with E-state index in [1.54, 1.807) is 14.2 Å². The zero-order chi connectivity index (χ0) is 20.3. The second kappa shape index (κ2) is 8.84. The van der Waals surface area contributed by atoms with E-state index in [2.05, 4.69) is 36.2 Å². The molecule has 28 heavy (non-hydrogen) atoms. The van der Waals surface area contributed by atoms with E-state index < -0.39 is 0 Å². The number of hydrogen-bond donors (Lipinski definition) is 1. The molecule has 1 aliphatic heterocycles. The summed E-state index contributed by atoms with van der Waals surface area (Å²) in [7, 11) is 3.30. The van der Waals surface area contributed by atoms with Crippen molar-refractivity contribution in [2.75, 3.05) is 27.2 Å². The molecule has 2 aromatic carbocycles. The second-order valence-electron chi connectivity index (χ2n) is 7.32. The summed E-state index contributed by atoms with van der Waals surface area (Å²) < 4.78 is 11.4. The molecule has 0 unspecified atom stereocenters. The highest BCUT2D eigenvalue weighted by Crippen LogP contribution is 2.29. The summed E-state index contributed by atoms with van der Waals surface area (Å²) in [5.74, 6) is 1.80. The van der Waals surface area contributed by atoms with Gasteiger partial charge >= 0.3 is 0 Å². The highest BCUT2D eigenvalue weighted by Gasteiger charge is 2.31. The van der Waals surface area contributed by atoms with Gasteiger partial charge in [-0.1, -0.05) is 29.8 Å². The highest BCUT2D eigenvalue weighted by molar-refractivity contribution is 6.32. The number of methoxy groups -OCH3 is 1. The number of nitrogens with zero attached hydrogens (tertiary/aromatic N) is 1. The first kappa shape index (κ1) is 20.5. The fourth-order valence-corrected chi connectivity index (χ4v) is 3.83. The molecule has 6 heteroatoms. The zero-order valence-electron chi connectivity index (χ0n) is 16.8. The average Bonchev–Trinajstić information content (AvgIpc) is 2.64. The van der Waals surface area contributed by atoms with Gasteiger partial charge in [0.2, 0.25) is 5.91 Å². The van der Waals surface area contributed by atoms with Crippen LogP contribution in [0.25, 0.3) is 0 Å². The molecule has 0 bridgehead atoms. The first-order valence-electron chi connectivity index (χ1n) is 9.40. The maximum atomic E-state index is 11.6. The number of rotatable bonds is 7. The van der Waals surface area contributed by atoms with Crippen LogP contribution >= 0.6 is 11.6 Å². The van der Waals surface area contributed by atoms with E-state index in [9.17, 15) is 4.79 Å². The molecule has 0 aromatic heterocycles. The predicted octanol–water partition coefficient (Wildman–Crippen LogP) is 3.72. The van der Waals surface area contributed by atoms with E-state index in [1.165, 1.54) is 5.56 Å². The average molecular weight is 403 g/mol. The van der Waals surface area contributed by atoms with Crippen molar-refractivity contribution < 1.29 is 14.3 Å². The lowest BCUT2D eigenvalue weighted by Crippen LogP contribution is -2.52. The summed E-state index contributed by atoms with van der Waals surface area (Å²) in [6.45, 7) is 7.07. The molecular formula is C22H27ClN2O3. The molecular weight excluding hydrogens is 376 g/mol. The van der Waals surface area contributed by atoms with E-state index in [-0.39, 0.29) is 11.8 Å². The monoisotopic (exact) mass is 402 g/mol. The van der Waals surface area contributed by atoms with E-state index in [1.807, 2.05) is 18.2 Å². The molecule has 1 saturated heterocycles. The van der Waals surface area contributed by atoms with Crippen LogP contribution in [0.15, 0.2) is 30.3 Å². The fraction of sp³-hybridized carbons (Fsp3) is 0.409. The lowest BCUT2D eigenvalue weighted by atomic mass is 9.97. The number of carbonyl (C=O) groups is 1. The molecule has 0 atom stereocenters. The minimum Gasteiger partial charge on any atom is -0.495 e. The predicted molar refractivity (Wildman–Crippen MR) is 111 cm³/mol. The van der Waals surface area contributed by atoms with Gasteiger partial charge in [0.1, 0.15) is 18.1 Å². The van der Waals surface area contributed by atoms with Gasteiger partial charge in [-0.2, -0.15) is 0 Å². The number of halogens is 1. The second-order valence-corrected chi connectivity index (χ2v) is 7.73. The molecule has 0 aliphatic carbocycles. The van der Waals surface area contributed by atoms with Crippen molar-refractivity contribution in [1.82, 2.24) is 10.2 Å². The number of ether oxygens (including phenoxy) is 2. The number of carbonyl (C=O) groups excluding carboxylic acids is 1. The molecule has 150 valence electrons. The lowest BCUT2D eigenvalue weighted by molar-refractivity contribution is -0.129. The third-order valence-corrected chi connectivity index (χ3v) is 5.41. The van der Waals surface area contributed by atoms with Gasteiger partial charge in [-0.3, -0.25) is 9.69 Å². The van der Waals surface area contributed by atoms with Crippen molar-refractivity contribution in [1.29, 1.82) is 0 Å². The molecule has 0 saturated carbocycles. The number of nitrogens with one attached hydrogen (secondary N) is 1. The van der Waals surface area contributed by atoms with Crippen LogP contribution in [0.4, 0.5) is 0 Å². The van der Waals surface area contributed by atoms with Crippen molar-refractivity contribution in [2.24, 2.45) is 5.92 Å². The van der Waals surface area contributed by atoms with Crippen LogP contribution in [0.5, 0.6) is 11.5 Å². The van der Waals surface area contributed by atoms with Gasteiger partial charge in [0.15, 0.2) is 0 Å². The Morgan fingerprint density at radius 1 is 1.18 bits per heavy atom. The maximum Gasteiger partial charge on any atom is 0.225 e. The number of aryl methyl sites for hydroxylation is 2. The Morgan fingerprint density at radius 2 is 1.86 bits per heavy atom. The minimum absolute atomic E-state index is 0.117. The lowest BCUT2D eigenvalue weighted by Gasteiger charge is -2.38. The number of likely N-dealkylation sites (tertiary alicyclic amines) is 1. The third kappa shape index (κ3) is 4.59. The van der Waals surface area contributed by atoms with Crippen molar-refractivity contribution in [2.45, 2.75) is 27.0 Å². The van der Waals surface area contributed by atoms with Gasteiger partial charge in [-0.05, 0) is 48.2 Å². The van der Waals surface area contributed by atoms with Gasteiger partial charge < -0.3 is 14.8 Å². The van der Waals surface area contributed by atoms with Gasteiger partial charge in [-0.15, -0.1) is 0 Å². The Kier molecular flexibility index (Phi) is 6.47. The first-order chi connectivity index (χ1) is 13.4. The SMILES string of the molecule is CNC(=O)C1CN(Cc2cc(C)c(OCc3ccc(Cl)c(OC)c3)c(C)c2)C1. The third-order valence-electron chi connectivity index (χ3n) is 5.10. The quantitative estimate of drug-likeness (QED) is 0.766. The molecule has 3 rings (SSSR count). The molecule has 1 amide bonds. The molecule has 2 aromatic rings. The molecule has 1 heterocycles. The summed E-state index contributed by atoms with van der Waals surface area (Å²) in [4.78, 5) is 13.9. The molecule has 5 nitrogen and oxygen atoms in total. The van der Waals surface area contributed by atoms with Gasteiger partial charge in [0, 0.05) is 26.7 Å². The topological polar surface area (TPSA) is 50.8 Å². The minimum atomic E-state index is 0.117. The Morgan fingerprint density at radius 3 is 2.46 bits per heavy atom. The van der Waals surface area contributed by atoms with Crippen LogP contribution in [0.2, 0.25) is 5.02 Å². The maximum absolute atomic E-state index is 11.6. The van der Waals surface area contributed by atoms with Gasteiger partial charge in [0.05, 0.1) is 18.1 Å². The summed E-state index contributed by atoms with van der Waals surface area (Å²) in [5.41, 5.74) is 4.47. The van der Waals surface area contributed by atoms with Crippen LogP contribution < -0.4 is 14.8 Å². The van der Waals surface area contributed by atoms with E-state index in [0.29, 0.717) is 17.4 Å². The molecule has 0 spiro atoms. The molecule has 1 N–H and O–H groups in total. The van der Waals surface area contributed by atoms with Crippen LogP contribution in [0, 0.1) is 19.8 Å². The molecule has 0 radical (unpaired) electrons. The number of hydrogen-bond acceptors (Lipinski definition) is 4. The van der Waals surface area contributed by atoms with Crippen molar-refractivity contribution in [3.63, 3.8) is 0 Å². The van der Waals surface area contributed by atoms with Crippen LogP contribution in [0.1, 0.15) is 22.3 Å². The number of benzene rings is 2. The number of amides is 1. The van der Waals surface area contributed by atoms with E-state index >= 15 is 0 Å². The van der Waals surface area contributed by atoms with Crippen molar-refractivity contribution >= 4 is 17.5 Å². The highest BCUT2D eigenvalue weighted by atomic mass is 35.5. The molecule has 1 aliphatic rings. The standard InChI is InChI=1S/C22H27ClN2O3/c1-14-7-17(10-25-11-18(12-25)22(26)24-3)8-15(2)21(14)28-13-16-5-6-19(23)20(9-16)27-4/h5-9,18H,10-13H2,1-4H3,(H,24,26). The summed E-state index contributed by atoms with van der Waals surface area (Å²) in [5, 5.41) is 3.31. The fourth-order valence-electron chi connectivity index (χ4n) is 3.64. The normalized spacial score (nSPS) is 14.5. The van der Waals surface area contributed by atoms with E-state index in [4.69, 9.17) is 21.1 Å². The molecule has 1 fully saturated rings. The van der Waals surface area contributed by atoms with Gasteiger partial charge in [-0.25, -0.2) is 0 Å². The largest absolute Gasteiger partial charge is 0.495 e. The van der Waals surface area contributed by atoms with Crippen LogP contribution in [0.3, 0.4) is 0 Å². The summed E-state index contributed by atoms with van der Waals surface area (Å²) >= 11 is 6.08. The Hall–Kier alpha value is -2.24. The Labute approximate surface area is 171 Å². The Balaban J connectivity index is 1.62. The van der Waals surface area contributed by atoms with E-state index in [0.717, 1.165) is 42.1 Å². The van der Waals surface area contributed by atoms with Crippen molar-refractivity contribution in [3.05, 3.63) is 57.6 Å². The van der Waals surface area contributed by atoms with Crippen LogP contribution in [-0.2, 0) is 17.9 Å². The van der Waals surface area contributed by atoms with Gasteiger partial charge in [0.25, 0.3) is 0 Å². The van der Waals surface area contributed by atoms with Crippen LogP contribution in [-0.4, -0.2) is 38.1 Å². The first-order valence-corrected chi connectivity index (χ1v) is 9.78. The Bertz CT molecular complexity index is 840. The summed E-state index contributed by atoms with van der Waals surface area (Å²) in [6.07, 6.45) is 0. The van der Waals surface area contributed by atoms with Crippen molar-refractivity contribution in [3.8, 4) is 11.5 Å². The summed E-state index contributed by atoms with van der Waals surface area (Å²) in [6, 6.07) is 9.99. The zero-order valence-corrected chi connectivity index (χ0v) is 17.6.